The van der Waals surface area contributed by atoms with Crippen LogP contribution in [0.4, 0.5) is 0 Å². The molecule has 4 heteroatoms. The topological polar surface area (TPSA) is 52.6 Å². The van der Waals surface area contributed by atoms with Crippen LogP contribution in [0, 0.1) is 0 Å². The van der Waals surface area contributed by atoms with E-state index in [9.17, 15) is 9.59 Å². The van der Waals surface area contributed by atoms with Crippen LogP contribution in [0.1, 0.15) is 28.4 Å². The van der Waals surface area contributed by atoms with Gasteiger partial charge in [0.25, 0.3) is 0 Å². The Labute approximate surface area is 158 Å². The van der Waals surface area contributed by atoms with Gasteiger partial charge in [-0.25, -0.2) is 4.79 Å². The quantitative estimate of drug-likeness (QED) is 0.354. The molecule has 0 unspecified atom stereocenters. The van der Waals surface area contributed by atoms with Gasteiger partial charge in [0.1, 0.15) is 11.5 Å². The van der Waals surface area contributed by atoms with Gasteiger partial charge in [-0.15, -0.1) is 0 Å². The van der Waals surface area contributed by atoms with E-state index in [1.54, 1.807) is 36.4 Å². The van der Waals surface area contributed by atoms with E-state index >= 15 is 0 Å². The lowest BCUT2D eigenvalue weighted by atomic mass is 10.0. The van der Waals surface area contributed by atoms with Crippen molar-refractivity contribution in [2.75, 3.05) is 6.61 Å². The molecule has 0 aliphatic rings. The second-order valence-corrected chi connectivity index (χ2v) is 5.98. The average molecular weight is 360 g/mol. The van der Waals surface area contributed by atoms with Gasteiger partial charge in [-0.2, -0.15) is 0 Å². The van der Waals surface area contributed by atoms with Crippen LogP contribution >= 0.6 is 0 Å². The van der Waals surface area contributed by atoms with Crippen molar-refractivity contribution in [3.8, 4) is 11.5 Å². The van der Waals surface area contributed by atoms with Gasteiger partial charge >= 0.3 is 5.97 Å². The Hall–Kier alpha value is -3.40. The van der Waals surface area contributed by atoms with E-state index in [4.69, 9.17) is 9.47 Å². The summed E-state index contributed by atoms with van der Waals surface area (Å²) in [5.41, 5.74) is 2.35. The SMILES string of the molecule is CCc1ccc(OCC(=O)Oc2ccc(C(=O)c3ccccc3)cc2)cc1. The molecule has 0 N–H and O–H groups in total. The van der Waals surface area contributed by atoms with Gasteiger partial charge in [-0.3, -0.25) is 4.79 Å². The summed E-state index contributed by atoms with van der Waals surface area (Å²) in [6, 6.07) is 23.1. The summed E-state index contributed by atoms with van der Waals surface area (Å²) in [6.07, 6.45) is 0.949. The van der Waals surface area contributed by atoms with E-state index in [-0.39, 0.29) is 12.4 Å². The first-order chi connectivity index (χ1) is 13.2. The third-order valence-corrected chi connectivity index (χ3v) is 4.07. The van der Waals surface area contributed by atoms with Gasteiger partial charge in [0.2, 0.25) is 0 Å². The van der Waals surface area contributed by atoms with Crippen LogP contribution in [0.25, 0.3) is 0 Å². The highest BCUT2D eigenvalue weighted by atomic mass is 16.6. The van der Waals surface area contributed by atoms with Gasteiger partial charge in [-0.1, -0.05) is 49.4 Å². The van der Waals surface area contributed by atoms with Crippen LogP contribution in [0.2, 0.25) is 0 Å². The fourth-order valence-electron chi connectivity index (χ4n) is 2.56. The summed E-state index contributed by atoms with van der Waals surface area (Å²) in [5, 5.41) is 0. The molecule has 0 saturated heterocycles. The number of carbonyl (C=O) groups excluding carboxylic acids is 2. The molecule has 3 aromatic carbocycles. The molecule has 3 aromatic rings. The number of ether oxygens (including phenoxy) is 2. The summed E-state index contributed by atoms with van der Waals surface area (Å²) in [6.45, 7) is 1.89. The normalized spacial score (nSPS) is 10.3. The van der Waals surface area contributed by atoms with Crippen molar-refractivity contribution in [1.29, 1.82) is 0 Å². The lowest BCUT2D eigenvalue weighted by Crippen LogP contribution is -2.17. The molecule has 0 fully saturated rings. The second kappa shape index (κ2) is 8.81. The van der Waals surface area contributed by atoms with Crippen LogP contribution in [-0.2, 0) is 11.2 Å². The van der Waals surface area contributed by atoms with Crippen molar-refractivity contribution in [3.05, 3.63) is 95.6 Å². The Kier molecular flexibility index (Phi) is 6.00. The van der Waals surface area contributed by atoms with E-state index in [1.165, 1.54) is 5.56 Å². The van der Waals surface area contributed by atoms with E-state index in [2.05, 4.69) is 6.92 Å². The molecular formula is C23H20O4. The van der Waals surface area contributed by atoms with Crippen LogP contribution < -0.4 is 9.47 Å². The predicted octanol–water partition coefficient (Wildman–Crippen LogP) is 4.46. The number of ketones is 1. The number of esters is 1. The van der Waals surface area contributed by atoms with E-state index in [0.717, 1.165) is 6.42 Å². The minimum absolute atomic E-state index is 0.0765. The van der Waals surface area contributed by atoms with Crippen LogP contribution in [0.3, 0.4) is 0 Å². The maximum Gasteiger partial charge on any atom is 0.349 e. The molecule has 0 amide bonds. The maximum absolute atomic E-state index is 12.4. The molecule has 0 spiro atoms. The van der Waals surface area contributed by atoms with Crippen molar-refractivity contribution >= 4 is 11.8 Å². The van der Waals surface area contributed by atoms with Gasteiger partial charge in [0.05, 0.1) is 0 Å². The molecule has 0 aliphatic heterocycles. The van der Waals surface area contributed by atoms with Crippen LogP contribution in [0.5, 0.6) is 11.5 Å². The standard InChI is InChI=1S/C23H20O4/c1-2-17-8-12-20(13-9-17)26-16-22(24)27-21-14-10-19(11-15-21)23(25)18-6-4-3-5-7-18/h3-15H,2,16H2,1H3. The second-order valence-electron chi connectivity index (χ2n) is 5.98. The van der Waals surface area contributed by atoms with Crippen molar-refractivity contribution in [2.24, 2.45) is 0 Å². The minimum Gasteiger partial charge on any atom is -0.482 e. The van der Waals surface area contributed by atoms with Crippen molar-refractivity contribution in [2.45, 2.75) is 13.3 Å². The summed E-state index contributed by atoms with van der Waals surface area (Å²) in [5.74, 6) is 0.409. The summed E-state index contributed by atoms with van der Waals surface area (Å²) in [4.78, 5) is 24.3. The zero-order valence-corrected chi connectivity index (χ0v) is 15.1. The molecule has 0 atom stereocenters. The largest absolute Gasteiger partial charge is 0.482 e. The molecule has 27 heavy (non-hydrogen) atoms. The average Bonchev–Trinajstić information content (AvgIpc) is 2.73. The summed E-state index contributed by atoms with van der Waals surface area (Å²) in [7, 11) is 0. The zero-order chi connectivity index (χ0) is 19.1. The number of benzene rings is 3. The van der Waals surface area contributed by atoms with Gasteiger partial charge in [-0.05, 0) is 48.4 Å². The lowest BCUT2D eigenvalue weighted by molar-refractivity contribution is -0.136. The lowest BCUT2D eigenvalue weighted by Gasteiger charge is -2.08. The number of hydrogen-bond donors (Lipinski definition) is 0. The Morgan fingerprint density at radius 3 is 1.96 bits per heavy atom. The Bertz CT molecular complexity index is 897. The van der Waals surface area contributed by atoms with E-state index < -0.39 is 5.97 Å². The Balaban J connectivity index is 1.54. The highest BCUT2D eigenvalue weighted by Crippen LogP contribution is 2.16. The number of carbonyl (C=O) groups is 2. The number of hydrogen-bond acceptors (Lipinski definition) is 4. The predicted molar refractivity (Wildman–Crippen MR) is 103 cm³/mol. The minimum atomic E-state index is -0.503. The fourth-order valence-corrected chi connectivity index (χ4v) is 2.56. The Morgan fingerprint density at radius 2 is 1.33 bits per heavy atom. The van der Waals surface area contributed by atoms with Crippen LogP contribution in [0.15, 0.2) is 78.9 Å². The molecule has 3 rings (SSSR count). The molecule has 0 bridgehead atoms. The highest BCUT2D eigenvalue weighted by Gasteiger charge is 2.10. The van der Waals surface area contributed by atoms with Gasteiger partial charge < -0.3 is 9.47 Å². The molecule has 0 aliphatic carbocycles. The van der Waals surface area contributed by atoms with E-state index in [1.807, 2.05) is 42.5 Å². The number of aryl methyl sites for hydroxylation is 1. The van der Waals surface area contributed by atoms with E-state index in [0.29, 0.717) is 22.6 Å². The summed E-state index contributed by atoms with van der Waals surface area (Å²) < 4.78 is 10.7. The Morgan fingerprint density at radius 1 is 0.741 bits per heavy atom. The first kappa shape index (κ1) is 18.4. The first-order valence-electron chi connectivity index (χ1n) is 8.78. The summed E-state index contributed by atoms with van der Waals surface area (Å²) >= 11 is 0. The molecule has 0 aromatic heterocycles. The third-order valence-electron chi connectivity index (χ3n) is 4.07. The monoisotopic (exact) mass is 360 g/mol. The van der Waals surface area contributed by atoms with Crippen molar-refractivity contribution < 1.29 is 19.1 Å². The first-order valence-corrected chi connectivity index (χ1v) is 8.78. The highest BCUT2D eigenvalue weighted by molar-refractivity contribution is 6.09. The molecule has 136 valence electrons. The van der Waals surface area contributed by atoms with Crippen LogP contribution in [-0.4, -0.2) is 18.4 Å². The third kappa shape index (κ3) is 5.05. The molecular weight excluding hydrogens is 340 g/mol. The zero-order valence-electron chi connectivity index (χ0n) is 15.1. The fraction of sp³-hybridized carbons (Fsp3) is 0.130. The van der Waals surface area contributed by atoms with Crippen molar-refractivity contribution in [3.63, 3.8) is 0 Å². The number of rotatable bonds is 7. The maximum atomic E-state index is 12.4. The van der Waals surface area contributed by atoms with Gasteiger partial charge in [0, 0.05) is 11.1 Å². The molecule has 0 heterocycles. The van der Waals surface area contributed by atoms with Crippen molar-refractivity contribution in [1.82, 2.24) is 0 Å². The molecule has 0 radical (unpaired) electrons. The molecule has 4 nitrogen and oxygen atoms in total. The van der Waals surface area contributed by atoms with Gasteiger partial charge in [0.15, 0.2) is 12.4 Å². The molecule has 0 saturated carbocycles. The smallest absolute Gasteiger partial charge is 0.349 e.